The van der Waals surface area contributed by atoms with Crippen LogP contribution in [0.4, 0.5) is 0 Å². The molecule has 0 saturated heterocycles. The largest absolute Gasteiger partial charge is 0.378 e. The highest BCUT2D eigenvalue weighted by atomic mass is 16.5. The Hall–Kier alpha value is -0.0400. The molecule has 0 atom stereocenters. The summed E-state index contributed by atoms with van der Waals surface area (Å²) < 4.78 is 6.12. The number of ether oxygens (including phenoxy) is 1. The summed E-state index contributed by atoms with van der Waals surface area (Å²) in [7, 11) is 0. The Kier molecular flexibility index (Phi) is 12.0. The van der Waals surface area contributed by atoms with Crippen molar-refractivity contribution in [2.24, 2.45) is 17.8 Å². The minimum atomic E-state index is 0.590. The second-order valence-electron chi connectivity index (χ2n) is 9.45. The SMILES string of the molecule is CCCCCCCC[C@H]1CC[C@H]([C@H]2CC[C@H](OCCCCC)CC2)CC1. The summed E-state index contributed by atoms with van der Waals surface area (Å²) in [6.45, 7) is 5.59. The first kappa shape index (κ1) is 22.3. The van der Waals surface area contributed by atoms with Crippen LogP contribution in [0.5, 0.6) is 0 Å². The lowest BCUT2D eigenvalue weighted by Crippen LogP contribution is -2.28. The molecule has 26 heavy (non-hydrogen) atoms. The van der Waals surface area contributed by atoms with Crippen LogP contribution in [0.2, 0.25) is 0 Å². The maximum atomic E-state index is 6.12. The lowest BCUT2D eigenvalue weighted by molar-refractivity contribution is 0.00538. The van der Waals surface area contributed by atoms with Crippen LogP contribution in [0.1, 0.15) is 129 Å². The third-order valence-corrected chi connectivity index (χ3v) is 7.34. The summed E-state index contributed by atoms with van der Waals surface area (Å²) in [6, 6.07) is 0. The molecule has 0 N–H and O–H groups in total. The first-order chi connectivity index (χ1) is 12.8. The highest BCUT2D eigenvalue weighted by Gasteiger charge is 2.30. The monoisotopic (exact) mass is 364 g/mol. The lowest BCUT2D eigenvalue weighted by atomic mass is 9.70. The summed E-state index contributed by atoms with van der Waals surface area (Å²) in [5, 5.41) is 0. The van der Waals surface area contributed by atoms with Gasteiger partial charge in [0.2, 0.25) is 0 Å². The van der Waals surface area contributed by atoms with Crippen LogP contribution in [0.3, 0.4) is 0 Å². The third-order valence-electron chi connectivity index (χ3n) is 7.34. The Morgan fingerprint density at radius 1 is 0.577 bits per heavy atom. The number of rotatable bonds is 13. The Morgan fingerprint density at radius 3 is 1.77 bits per heavy atom. The molecule has 0 aromatic carbocycles. The van der Waals surface area contributed by atoms with Crippen LogP contribution >= 0.6 is 0 Å². The molecule has 2 saturated carbocycles. The van der Waals surface area contributed by atoms with Gasteiger partial charge in [-0.2, -0.15) is 0 Å². The fourth-order valence-electron chi connectivity index (χ4n) is 5.49. The van der Waals surface area contributed by atoms with Gasteiger partial charge in [0.25, 0.3) is 0 Å². The van der Waals surface area contributed by atoms with Gasteiger partial charge in [0, 0.05) is 6.61 Å². The average molecular weight is 365 g/mol. The number of hydrogen-bond acceptors (Lipinski definition) is 1. The van der Waals surface area contributed by atoms with Crippen molar-refractivity contribution in [2.45, 2.75) is 136 Å². The summed E-state index contributed by atoms with van der Waals surface area (Å²) in [4.78, 5) is 0. The molecule has 2 fully saturated rings. The van der Waals surface area contributed by atoms with E-state index in [9.17, 15) is 0 Å². The van der Waals surface area contributed by atoms with Crippen LogP contribution in [0, 0.1) is 17.8 Å². The second-order valence-corrected chi connectivity index (χ2v) is 9.45. The van der Waals surface area contributed by atoms with E-state index >= 15 is 0 Å². The van der Waals surface area contributed by atoms with Gasteiger partial charge in [0.05, 0.1) is 6.10 Å². The van der Waals surface area contributed by atoms with Crippen molar-refractivity contribution in [3.8, 4) is 0 Å². The molecule has 0 aromatic heterocycles. The van der Waals surface area contributed by atoms with E-state index in [1.54, 1.807) is 0 Å². The topological polar surface area (TPSA) is 9.23 Å². The predicted octanol–water partition coefficient (Wildman–Crippen LogP) is 8.31. The maximum Gasteiger partial charge on any atom is 0.0575 e. The second kappa shape index (κ2) is 14.0. The molecule has 2 aliphatic rings. The van der Waals surface area contributed by atoms with E-state index in [0.29, 0.717) is 6.10 Å². The van der Waals surface area contributed by atoms with Gasteiger partial charge in [-0.05, 0) is 62.7 Å². The molecule has 2 aliphatic carbocycles. The normalized spacial score (nSPS) is 29.8. The molecule has 0 radical (unpaired) electrons. The predicted molar refractivity (Wildman–Crippen MR) is 115 cm³/mol. The van der Waals surface area contributed by atoms with E-state index < -0.39 is 0 Å². The maximum absolute atomic E-state index is 6.12. The Balaban J connectivity index is 1.49. The van der Waals surface area contributed by atoms with Crippen molar-refractivity contribution in [2.75, 3.05) is 6.61 Å². The van der Waals surface area contributed by atoms with Gasteiger partial charge in [-0.3, -0.25) is 0 Å². The fourth-order valence-corrected chi connectivity index (χ4v) is 5.49. The molecule has 0 heterocycles. The van der Waals surface area contributed by atoms with Crippen LogP contribution in [-0.4, -0.2) is 12.7 Å². The van der Waals surface area contributed by atoms with Gasteiger partial charge in [-0.25, -0.2) is 0 Å². The minimum absolute atomic E-state index is 0.590. The standard InChI is InChI=1S/C25H48O/c1-3-5-7-8-9-10-12-22-13-15-23(16-14-22)24-17-19-25(20-18-24)26-21-11-6-4-2/h22-25H,3-21H2,1-2H3/t22-,23-,24-,25-. The van der Waals surface area contributed by atoms with E-state index in [0.717, 1.165) is 24.4 Å². The molecule has 0 bridgehead atoms. The lowest BCUT2D eigenvalue weighted by Gasteiger charge is -2.38. The molecule has 0 spiro atoms. The summed E-state index contributed by atoms with van der Waals surface area (Å²) in [5.41, 5.74) is 0. The van der Waals surface area contributed by atoms with E-state index in [2.05, 4.69) is 13.8 Å². The minimum Gasteiger partial charge on any atom is -0.378 e. The van der Waals surface area contributed by atoms with Gasteiger partial charge in [-0.15, -0.1) is 0 Å². The summed E-state index contributed by atoms with van der Waals surface area (Å²) in [5.74, 6) is 3.15. The van der Waals surface area contributed by atoms with Crippen molar-refractivity contribution in [1.29, 1.82) is 0 Å². The van der Waals surface area contributed by atoms with E-state index in [1.807, 2.05) is 0 Å². The molecule has 154 valence electrons. The van der Waals surface area contributed by atoms with Crippen LogP contribution in [0.25, 0.3) is 0 Å². The van der Waals surface area contributed by atoms with Crippen LogP contribution in [-0.2, 0) is 4.74 Å². The molecular weight excluding hydrogens is 316 g/mol. The fraction of sp³-hybridized carbons (Fsp3) is 1.00. The molecule has 1 nitrogen and oxygen atoms in total. The highest BCUT2D eigenvalue weighted by molar-refractivity contribution is 4.82. The highest BCUT2D eigenvalue weighted by Crippen LogP contribution is 2.41. The third kappa shape index (κ3) is 8.77. The molecule has 0 amide bonds. The van der Waals surface area contributed by atoms with Crippen molar-refractivity contribution < 1.29 is 4.74 Å². The zero-order valence-corrected chi connectivity index (χ0v) is 18.2. The number of unbranched alkanes of at least 4 members (excludes halogenated alkanes) is 7. The van der Waals surface area contributed by atoms with Crippen molar-refractivity contribution in [3.05, 3.63) is 0 Å². The summed E-state index contributed by atoms with van der Waals surface area (Å²) in [6.07, 6.45) is 26.5. The van der Waals surface area contributed by atoms with Gasteiger partial charge >= 0.3 is 0 Å². The van der Waals surface area contributed by atoms with Gasteiger partial charge in [0.15, 0.2) is 0 Å². The molecule has 2 rings (SSSR count). The van der Waals surface area contributed by atoms with E-state index in [-0.39, 0.29) is 0 Å². The van der Waals surface area contributed by atoms with Gasteiger partial charge in [-0.1, -0.05) is 84.5 Å². The average Bonchev–Trinajstić information content (AvgIpc) is 2.69. The number of hydrogen-bond donors (Lipinski definition) is 0. The molecule has 0 unspecified atom stereocenters. The zero-order valence-electron chi connectivity index (χ0n) is 18.2. The Bertz CT molecular complexity index is 310. The molecular formula is C25H48O. The summed E-state index contributed by atoms with van der Waals surface area (Å²) >= 11 is 0. The van der Waals surface area contributed by atoms with Gasteiger partial charge < -0.3 is 4.74 Å². The molecule has 0 aromatic rings. The first-order valence-electron chi connectivity index (χ1n) is 12.4. The van der Waals surface area contributed by atoms with Crippen molar-refractivity contribution in [3.63, 3.8) is 0 Å². The van der Waals surface area contributed by atoms with Gasteiger partial charge in [0.1, 0.15) is 0 Å². The van der Waals surface area contributed by atoms with E-state index in [4.69, 9.17) is 4.74 Å². The van der Waals surface area contributed by atoms with Crippen LogP contribution in [0.15, 0.2) is 0 Å². The van der Waals surface area contributed by atoms with Crippen molar-refractivity contribution in [1.82, 2.24) is 0 Å². The Labute approximate surface area is 165 Å². The Morgan fingerprint density at radius 2 is 1.12 bits per heavy atom. The van der Waals surface area contributed by atoms with Crippen molar-refractivity contribution >= 4 is 0 Å². The smallest absolute Gasteiger partial charge is 0.0575 e. The zero-order chi connectivity index (χ0) is 18.5. The first-order valence-corrected chi connectivity index (χ1v) is 12.4. The molecule has 0 aliphatic heterocycles. The molecule has 1 heteroatoms. The quantitative estimate of drug-likeness (QED) is 0.298. The van der Waals surface area contributed by atoms with Crippen LogP contribution < -0.4 is 0 Å². The van der Waals surface area contributed by atoms with E-state index in [1.165, 1.54) is 116 Å².